The zero-order chi connectivity index (χ0) is 11.7. The average Bonchev–Trinajstić information content (AvgIpc) is 2.80. The molecule has 0 amide bonds. The predicted molar refractivity (Wildman–Crippen MR) is 54.8 cm³/mol. The fraction of sp³-hybridized carbons (Fsp3) is 0.625. The molecule has 0 saturated carbocycles. The molecule has 0 aliphatic carbocycles. The Kier molecular flexibility index (Phi) is 2.55. The van der Waals surface area contributed by atoms with Crippen LogP contribution in [0.2, 0.25) is 0 Å². The molecule has 0 N–H and O–H groups in total. The van der Waals surface area contributed by atoms with Crippen LogP contribution in [0, 0.1) is 0 Å². The Balaban J connectivity index is 2.31. The maximum Gasteiger partial charge on any atom is 0.345 e. The topological polar surface area (TPSA) is 83.4 Å². The number of nitrogens with zero attached hydrogens (tertiary/aromatic N) is 7. The molecule has 2 aromatic rings. The molecule has 0 fully saturated rings. The Morgan fingerprint density at radius 2 is 2.19 bits per heavy atom. The first-order valence-electron chi connectivity index (χ1n) is 4.94. The molecule has 0 aliphatic rings. The Morgan fingerprint density at radius 1 is 1.44 bits per heavy atom. The van der Waals surface area contributed by atoms with Crippen LogP contribution in [-0.2, 0) is 13.6 Å². The Bertz CT molecular complexity index is 535. The lowest BCUT2D eigenvalue weighted by Gasteiger charge is -2.06. The van der Waals surface area contributed by atoms with E-state index in [4.69, 9.17) is 0 Å². The molecule has 16 heavy (non-hydrogen) atoms. The van der Waals surface area contributed by atoms with Gasteiger partial charge in [-0.05, 0) is 24.3 Å². The molecule has 0 bridgehead atoms. The van der Waals surface area contributed by atoms with E-state index in [2.05, 4.69) is 20.6 Å². The van der Waals surface area contributed by atoms with Gasteiger partial charge in [0.15, 0.2) is 5.82 Å². The minimum atomic E-state index is -0.182. The summed E-state index contributed by atoms with van der Waals surface area (Å²) in [6, 6.07) is 0.164. The first kappa shape index (κ1) is 10.5. The van der Waals surface area contributed by atoms with Crippen molar-refractivity contribution in [1.82, 2.24) is 34.6 Å². The Labute approximate surface area is 91.5 Å². The van der Waals surface area contributed by atoms with E-state index in [1.54, 1.807) is 11.7 Å². The van der Waals surface area contributed by atoms with Gasteiger partial charge in [-0.15, -0.1) is 5.10 Å². The summed E-state index contributed by atoms with van der Waals surface area (Å²) in [5.41, 5.74) is -0.182. The van der Waals surface area contributed by atoms with E-state index in [1.807, 2.05) is 13.8 Å². The number of hydrogen-bond donors (Lipinski definition) is 0. The van der Waals surface area contributed by atoms with Crippen LogP contribution in [0.25, 0.3) is 0 Å². The Hall–Kier alpha value is -1.99. The van der Waals surface area contributed by atoms with Crippen molar-refractivity contribution >= 4 is 0 Å². The third-order valence-electron chi connectivity index (χ3n) is 2.25. The highest BCUT2D eigenvalue weighted by Gasteiger charge is 2.11. The number of aryl methyl sites for hydroxylation is 1. The van der Waals surface area contributed by atoms with E-state index >= 15 is 0 Å². The van der Waals surface area contributed by atoms with Gasteiger partial charge in [0.2, 0.25) is 0 Å². The summed E-state index contributed by atoms with van der Waals surface area (Å²) in [7, 11) is 1.60. The molecule has 0 saturated heterocycles. The van der Waals surface area contributed by atoms with E-state index in [-0.39, 0.29) is 11.7 Å². The minimum absolute atomic E-state index is 0.164. The van der Waals surface area contributed by atoms with Crippen molar-refractivity contribution in [3.8, 4) is 0 Å². The molecule has 0 spiro atoms. The van der Waals surface area contributed by atoms with Crippen LogP contribution >= 0.6 is 0 Å². The second-order valence-electron chi connectivity index (χ2n) is 3.80. The van der Waals surface area contributed by atoms with E-state index in [1.165, 1.54) is 15.6 Å². The summed E-state index contributed by atoms with van der Waals surface area (Å²) in [6.45, 7) is 4.29. The number of rotatable bonds is 3. The lowest BCUT2D eigenvalue weighted by atomic mass is 10.4. The van der Waals surface area contributed by atoms with Gasteiger partial charge in [-0.3, -0.25) is 4.57 Å². The van der Waals surface area contributed by atoms with Crippen LogP contribution in [-0.4, -0.2) is 34.6 Å². The van der Waals surface area contributed by atoms with Crippen molar-refractivity contribution in [2.24, 2.45) is 7.05 Å². The van der Waals surface area contributed by atoms with E-state index in [9.17, 15) is 4.79 Å². The second-order valence-corrected chi connectivity index (χ2v) is 3.80. The molecule has 0 radical (unpaired) electrons. The smallest absolute Gasteiger partial charge is 0.274 e. The van der Waals surface area contributed by atoms with Gasteiger partial charge in [0.05, 0.1) is 12.6 Å². The molecule has 86 valence electrons. The molecular weight excluding hydrogens is 210 g/mol. The van der Waals surface area contributed by atoms with Crippen molar-refractivity contribution in [2.75, 3.05) is 0 Å². The zero-order valence-corrected chi connectivity index (χ0v) is 9.40. The van der Waals surface area contributed by atoms with Crippen LogP contribution < -0.4 is 5.69 Å². The van der Waals surface area contributed by atoms with Crippen molar-refractivity contribution in [2.45, 2.75) is 26.4 Å². The monoisotopic (exact) mass is 223 g/mol. The van der Waals surface area contributed by atoms with Crippen LogP contribution in [0.1, 0.15) is 25.7 Å². The third kappa shape index (κ3) is 1.73. The van der Waals surface area contributed by atoms with Crippen LogP contribution in [0.5, 0.6) is 0 Å². The van der Waals surface area contributed by atoms with Gasteiger partial charge in [0.25, 0.3) is 0 Å². The largest absolute Gasteiger partial charge is 0.345 e. The third-order valence-corrected chi connectivity index (χ3v) is 2.25. The van der Waals surface area contributed by atoms with Gasteiger partial charge in [-0.1, -0.05) is 0 Å². The summed E-state index contributed by atoms with van der Waals surface area (Å²) in [4.78, 5) is 11.6. The highest BCUT2D eigenvalue weighted by atomic mass is 16.2. The first-order chi connectivity index (χ1) is 7.59. The molecule has 2 heterocycles. The van der Waals surface area contributed by atoms with E-state index in [0.29, 0.717) is 12.4 Å². The van der Waals surface area contributed by atoms with Crippen molar-refractivity contribution in [3.63, 3.8) is 0 Å². The van der Waals surface area contributed by atoms with E-state index < -0.39 is 0 Å². The van der Waals surface area contributed by atoms with Crippen LogP contribution in [0.15, 0.2) is 11.1 Å². The SMILES string of the molecule is CC(C)n1nnnc1Cn1cnn(C)c1=O. The summed E-state index contributed by atoms with van der Waals surface area (Å²) >= 11 is 0. The minimum Gasteiger partial charge on any atom is -0.274 e. The molecule has 0 aliphatic heterocycles. The first-order valence-corrected chi connectivity index (χ1v) is 4.94. The molecule has 0 unspecified atom stereocenters. The molecular formula is C8H13N7O. The van der Waals surface area contributed by atoms with Gasteiger partial charge in [-0.2, -0.15) is 5.10 Å². The van der Waals surface area contributed by atoms with Crippen molar-refractivity contribution in [3.05, 3.63) is 22.6 Å². The maximum atomic E-state index is 11.6. The number of tetrazole rings is 1. The highest BCUT2D eigenvalue weighted by Crippen LogP contribution is 2.04. The van der Waals surface area contributed by atoms with Gasteiger partial charge in [0.1, 0.15) is 6.33 Å². The lowest BCUT2D eigenvalue weighted by molar-refractivity contribution is 0.484. The molecule has 0 aromatic carbocycles. The fourth-order valence-electron chi connectivity index (χ4n) is 1.40. The summed E-state index contributed by atoms with van der Waals surface area (Å²) in [5.74, 6) is 0.644. The van der Waals surface area contributed by atoms with Gasteiger partial charge in [0, 0.05) is 7.05 Å². The van der Waals surface area contributed by atoms with Crippen LogP contribution in [0.3, 0.4) is 0 Å². The molecule has 8 nitrogen and oxygen atoms in total. The summed E-state index contributed by atoms with van der Waals surface area (Å²) < 4.78 is 4.41. The maximum absolute atomic E-state index is 11.6. The average molecular weight is 223 g/mol. The lowest BCUT2D eigenvalue weighted by Crippen LogP contribution is -2.24. The second kappa shape index (κ2) is 3.87. The van der Waals surface area contributed by atoms with Gasteiger partial charge < -0.3 is 0 Å². The number of aromatic nitrogens is 7. The van der Waals surface area contributed by atoms with E-state index in [0.717, 1.165) is 0 Å². The normalized spacial score (nSPS) is 11.2. The van der Waals surface area contributed by atoms with Gasteiger partial charge in [-0.25, -0.2) is 14.2 Å². The van der Waals surface area contributed by atoms with Crippen molar-refractivity contribution in [1.29, 1.82) is 0 Å². The Morgan fingerprint density at radius 3 is 2.75 bits per heavy atom. The molecule has 0 atom stereocenters. The molecule has 2 aromatic heterocycles. The fourth-order valence-corrected chi connectivity index (χ4v) is 1.40. The quantitative estimate of drug-likeness (QED) is 0.680. The molecule has 8 heteroatoms. The standard InChI is InChI=1S/C8H13N7O/c1-6(2)15-7(10-11-12-15)4-14-5-9-13(3)8(14)16/h5-6H,4H2,1-3H3. The summed E-state index contributed by atoms with van der Waals surface area (Å²) in [6.07, 6.45) is 1.47. The number of hydrogen-bond acceptors (Lipinski definition) is 5. The highest BCUT2D eigenvalue weighted by molar-refractivity contribution is 4.85. The summed E-state index contributed by atoms with van der Waals surface area (Å²) in [5, 5.41) is 15.2. The van der Waals surface area contributed by atoms with Crippen LogP contribution in [0.4, 0.5) is 0 Å². The zero-order valence-electron chi connectivity index (χ0n) is 9.40. The molecule has 2 rings (SSSR count). The van der Waals surface area contributed by atoms with Gasteiger partial charge >= 0.3 is 5.69 Å². The predicted octanol–water partition coefficient (Wildman–Crippen LogP) is -0.802. The van der Waals surface area contributed by atoms with Crippen molar-refractivity contribution < 1.29 is 0 Å².